The molecule has 4 heteroatoms. The van der Waals surface area contributed by atoms with Gasteiger partial charge in [-0.05, 0) is 59.1 Å². The van der Waals surface area contributed by atoms with Gasteiger partial charge in [0, 0.05) is 0 Å². The summed E-state index contributed by atoms with van der Waals surface area (Å²) in [5.41, 5.74) is 5.34. The molecule has 34 heavy (non-hydrogen) atoms. The van der Waals surface area contributed by atoms with Gasteiger partial charge in [0.2, 0.25) is 11.8 Å². The van der Waals surface area contributed by atoms with E-state index in [1.54, 1.807) is 0 Å². The summed E-state index contributed by atoms with van der Waals surface area (Å²) in [7, 11) is 0. The number of anilines is 1. The van der Waals surface area contributed by atoms with Crippen LogP contribution in [0.1, 0.15) is 30.9 Å². The maximum atomic E-state index is 13.9. The molecule has 2 aliphatic carbocycles. The molecular formula is C30H27NO3. The Bertz CT molecular complexity index is 1210. The summed E-state index contributed by atoms with van der Waals surface area (Å²) in [4.78, 5) is 29.1. The first-order valence-electron chi connectivity index (χ1n) is 12.1. The lowest BCUT2D eigenvalue weighted by atomic mass is 9.73. The highest BCUT2D eigenvalue weighted by molar-refractivity contribution is 6.25. The SMILES string of the molecule is CCCOc1ccccc1N1C(=O)C2[C@@H]3C[C@H](C(c4ccccc4)=C3c3ccccc3)[C@H]2C1=O. The van der Waals surface area contributed by atoms with Crippen LogP contribution < -0.4 is 9.64 Å². The molecule has 0 spiro atoms. The van der Waals surface area contributed by atoms with Gasteiger partial charge in [0.15, 0.2) is 0 Å². The van der Waals surface area contributed by atoms with Crippen molar-refractivity contribution in [3.63, 3.8) is 0 Å². The van der Waals surface area contributed by atoms with Crippen LogP contribution in [-0.2, 0) is 9.59 Å². The van der Waals surface area contributed by atoms with E-state index in [0.29, 0.717) is 18.0 Å². The van der Waals surface area contributed by atoms with Gasteiger partial charge < -0.3 is 4.74 Å². The fourth-order valence-corrected chi connectivity index (χ4v) is 6.31. The summed E-state index contributed by atoms with van der Waals surface area (Å²) in [6.07, 6.45) is 1.71. The van der Waals surface area contributed by atoms with Crippen LogP contribution in [0.3, 0.4) is 0 Å². The molecule has 1 aliphatic heterocycles. The number of imide groups is 1. The predicted molar refractivity (Wildman–Crippen MR) is 133 cm³/mol. The second-order valence-electron chi connectivity index (χ2n) is 9.39. The van der Waals surface area contributed by atoms with Crippen molar-refractivity contribution in [1.29, 1.82) is 0 Å². The summed E-state index contributed by atoms with van der Waals surface area (Å²) in [6.45, 7) is 2.59. The third-order valence-electron chi connectivity index (χ3n) is 7.54. The van der Waals surface area contributed by atoms with E-state index in [4.69, 9.17) is 4.74 Å². The van der Waals surface area contributed by atoms with E-state index in [0.717, 1.165) is 24.0 Å². The van der Waals surface area contributed by atoms with Gasteiger partial charge in [0.1, 0.15) is 5.75 Å². The maximum absolute atomic E-state index is 13.9. The number of carbonyl (C=O) groups excluding carboxylic acids is 2. The molecule has 0 N–H and O–H groups in total. The van der Waals surface area contributed by atoms with Crippen LogP contribution in [0.15, 0.2) is 84.9 Å². The number of ether oxygens (including phenoxy) is 1. The largest absolute Gasteiger partial charge is 0.491 e. The molecule has 2 bridgehead atoms. The van der Waals surface area contributed by atoms with Gasteiger partial charge in [-0.2, -0.15) is 0 Å². The van der Waals surface area contributed by atoms with Gasteiger partial charge in [-0.3, -0.25) is 9.59 Å². The minimum Gasteiger partial charge on any atom is -0.491 e. The quantitative estimate of drug-likeness (QED) is 0.444. The fraction of sp³-hybridized carbons (Fsp3) is 0.267. The monoisotopic (exact) mass is 449 g/mol. The van der Waals surface area contributed by atoms with Crippen LogP contribution in [0.2, 0.25) is 0 Å². The molecule has 6 rings (SSSR count). The van der Waals surface area contributed by atoms with Crippen LogP contribution in [0.4, 0.5) is 5.69 Å². The highest BCUT2D eigenvalue weighted by Crippen LogP contribution is 2.64. The average molecular weight is 450 g/mol. The molecule has 0 radical (unpaired) electrons. The van der Waals surface area contributed by atoms with Crippen molar-refractivity contribution in [2.75, 3.05) is 11.5 Å². The van der Waals surface area contributed by atoms with Crippen molar-refractivity contribution in [2.45, 2.75) is 19.8 Å². The van der Waals surface area contributed by atoms with Gasteiger partial charge in [0.25, 0.3) is 0 Å². The topological polar surface area (TPSA) is 46.6 Å². The third kappa shape index (κ3) is 3.05. The van der Waals surface area contributed by atoms with Crippen molar-refractivity contribution in [1.82, 2.24) is 0 Å². The van der Waals surface area contributed by atoms with Gasteiger partial charge in [-0.25, -0.2) is 4.90 Å². The molecule has 1 saturated heterocycles. The van der Waals surface area contributed by atoms with Crippen molar-refractivity contribution in [3.05, 3.63) is 96.1 Å². The average Bonchev–Trinajstić information content (AvgIpc) is 3.53. The number of allylic oxidation sites excluding steroid dienone is 2. The van der Waals surface area contributed by atoms with Crippen LogP contribution in [0.5, 0.6) is 5.75 Å². The van der Waals surface area contributed by atoms with E-state index in [9.17, 15) is 9.59 Å². The van der Waals surface area contributed by atoms with Gasteiger partial charge in [-0.15, -0.1) is 0 Å². The number of hydrogen-bond donors (Lipinski definition) is 0. The fourth-order valence-electron chi connectivity index (χ4n) is 6.31. The molecule has 1 saturated carbocycles. The molecule has 2 amide bonds. The second kappa shape index (κ2) is 8.28. The maximum Gasteiger partial charge on any atom is 0.238 e. The lowest BCUT2D eigenvalue weighted by molar-refractivity contribution is -0.123. The summed E-state index contributed by atoms with van der Waals surface area (Å²) < 4.78 is 5.91. The molecule has 4 atom stereocenters. The molecule has 3 aromatic rings. The number of benzene rings is 3. The van der Waals surface area contributed by atoms with E-state index >= 15 is 0 Å². The Labute approximate surface area is 199 Å². The molecule has 3 aromatic carbocycles. The first-order valence-corrected chi connectivity index (χ1v) is 12.1. The molecule has 3 aliphatic rings. The van der Waals surface area contributed by atoms with Crippen LogP contribution in [0.25, 0.3) is 11.1 Å². The molecular weight excluding hydrogens is 422 g/mol. The molecule has 2 fully saturated rings. The van der Waals surface area contributed by atoms with Crippen LogP contribution in [0, 0.1) is 23.7 Å². The number of rotatable bonds is 6. The van der Waals surface area contributed by atoms with E-state index in [-0.39, 0.29) is 35.5 Å². The normalized spacial score (nSPS) is 25.3. The summed E-state index contributed by atoms with van der Waals surface area (Å²) in [5, 5.41) is 0. The first kappa shape index (κ1) is 20.9. The Morgan fingerprint density at radius 3 is 1.76 bits per heavy atom. The first-order chi connectivity index (χ1) is 16.7. The standard InChI is InChI=1S/C30H27NO3/c1-2-17-34-24-16-10-9-15-23(24)31-29(32)27-21-18-22(28(27)30(31)33)26(20-13-7-4-8-14-20)25(21)19-11-5-3-6-12-19/h3-16,21-22,27-28H,2,17-18H2,1H3/t21-,22-,27-,28?/m1/s1. The number of amides is 2. The smallest absolute Gasteiger partial charge is 0.238 e. The van der Waals surface area contributed by atoms with E-state index in [2.05, 4.69) is 24.3 Å². The number of nitrogens with zero attached hydrogens (tertiary/aromatic N) is 1. The minimum atomic E-state index is -0.320. The second-order valence-corrected chi connectivity index (χ2v) is 9.39. The highest BCUT2D eigenvalue weighted by Gasteiger charge is 2.64. The Balaban J connectivity index is 1.45. The van der Waals surface area contributed by atoms with Crippen molar-refractivity contribution in [2.24, 2.45) is 23.7 Å². The Morgan fingerprint density at radius 2 is 1.24 bits per heavy atom. The number of para-hydroxylation sites is 2. The van der Waals surface area contributed by atoms with Gasteiger partial charge in [0.05, 0.1) is 24.1 Å². The molecule has 4 nitrogen and oxygen atoms in total. The number of carbonyl (C=O) groups is 2. The third-order valence-corrected chi connectivity index (χ3v) is 7.54. The Morgan fingerprint density at radius 1 is 0.735 bits per heavy atom. The Hall–Kier alpha value is -3.66. The van der Waals surface area contributed by atoms with Crippen LogP contribution in [-0.4, -0.2) is 18.4 Å². The van der Waals surface area contributed by atoms with Gasteiger partial charge in [-0.1, -0.05) is 79.7 Å². The predicted octanol–water partition coefficient (Wildman–Crippen LogP) is 5.84. The summed E-state index contributed by atoms with van der Waals surface area (Å²) in [5.74, 6) is -0.140. The molecule has 1 heterocycles. The van der Waals surface area contributed by atoms with Gasteiger partial charge >= 0.3 is 0 Å². The van der Waals surface area contributed by atoms with Crippen molar-refractivity contribution in [3.8, 4) is 5.75 Å². The molecule has 170 valence electrons. The van der Waals surface area contributed by atoms with E-state index in [1.807, 2.05) is 67.6 Å². The Kier molecular flexibility index (Phi) is 5.09. The zero-order valence-electron chi connectivity index (χ0n) is 19.2. The van der Waals surface area contributed by atoms with E-state index < -0.39 is 0 Å². The zero-order valence-corrected chi connectivity index (χ0v) is 19.2. The highest BCUT2D eigenvalue weighted by atomic mass is 16.5. The summed E-state index contributed by atoms with van der Waals surface area (Å²) >= 11 is 0. The number of hydrogen-bond acceptors (Lipinski definition) is 3. The van der Waals surface area contributed by atoms with E-state index in [1.165, 1.54) is 16.0 Å². The van der Waals surface area contributed by atoms with Crippen LogP contribution >= 0.6 is 0 Å². The lowest BCUT2D eigenvalue weighted by Gasteiger charge is -2.27. The minimum absolute atomic E-state index is 0.0396. The summed E-state index contributed by atoms with van der Waals surface area (Å²) in [6, 6.07) is 28.1. The van der Waals surface area contributed by atoms with Crippen molar-refractivity contribution < 1.29 is 14.3 Å². The molecule has 1 unspecified atom stereocenters. The number of fused-ring (bicyclic) bond motifs is 5. The lowest BCUT2D eigenvalue weighted by Crippen LogP contribution is -2.33. The van der Waals surface area contributed by atoms with Crippen molar-refractivity contribution >= 4 is 28.6 Å². The molecule has 0 aromatic heterocycles. The zero-order chi connectivity index (χ0) is 23.2.